The summed E-state index contributed by atoms with van der Waals surface area (Å²) in [6.07, 6.45) is 10.0. The molecule has 0 unspecified atom stereocenters. The van der Waals surface area contributed by atoms with E-state index in [1.807, 2.05) is 28.8 Å². The lowest BCUT2D eigenvalue weighted by molar-refractivity contribution is 0.0930. The first-order valence-corrected chi connectivity index (χ1v) is 8.06. The fourth-order valence-corrected chi connectivity index (χ4v) is 3.20. The molecule has 1 aliphatic rings. The Balaban J connectivity index is 1.84. The Morgan fingerprint density at radius 1 is 1.29 bits per heavy atom. The number of rotatable bonds is 3. The van der Waals surface area contributed by atoms with E-state index in [2.05, 4.69) is 17.2 Å². The Hall–Kier alpha value is -1.84. The summed E-state index contributed by atoms with van der Waals surface area (Å²) < 4.78 is 2.02. The van der Waals surface area contributed by atoms with Crippen LogP contribution in [0, 0.1) is 0 Å². The first kappa shape index (κ1) is 14.1. The molecule has 2 aromatic heterocycles. The molecule has 1 saturated carbocycles. The Morgan fingerprint density at radius 3 is 2.76 bits per heavy atom. The van der Waals surface area contributed by atoms with Crippen molar-refractivity contribution < 1.29 is 4.79 Å². The molecule has 112 valence electrons. The number of hydrogen-bond donors (Lipinski definition) is 1. The van der Waals surface area contributed by atoms with Crippen LogP contribution in [0.15, 0.2) is 24.4 Å². The van der Waals surface area contributed by atoms with Crippen LogP contribution in [-0.4, -0.2) is 21.3 Å². The molecule has 1 N–H and O–H groups in total. The van der Waals surface area contributed by atoms with E-state index in [0.29, 0.717) is 11.7 Å². The molecule has 21 heavy (non-hydrogen) atoms. The minimum absolute atomic E-state index is 0.0229. The highest BCUT2D eigenvalue weighted by Crippen LogP contribution is 2.19. The van der Waals surface area contributed by atoms with Crippen molar-refractivity contribution in [2.45, 2.75) is 57.9 Å². The van der Waals surface area contributed by atoms with Crippen LogP contribution in [0.4, 0.5) is 0 Å². The monoisotopic (exact) mass is 285 g/mol. The van der Waals surface area contributed by atoms with E-state index < -0.39 is 0 Å². The van der Waals surface area contributed by atoms with Gasteiger partial charge in [0.2, 0.25) is 0 Å². The van der Waals surface area contributed by atoms with Crippen molar-refractivity contribution in [3.8, 4) is 0 Å². The smallest absolute Gasteiger partial charge is 0.272 e. The number of carbonyl (C=O) groups excluding carboxylic acids is 1. The van der Waals surface area contributed by atoms with Gasteiger partial charge < -0.3 is 9.72 Å². The molecule has 0 spiro atoms. The topological polar surface area (TPSA) is 46.4 Å². The number of carbonyl (C=O) groups is 1. The maximum atomic E-state index is 12.6. The zero-order chi connectivity index (χ0) is 14.7. The molecule has 0 aliphatic heterocycles. The van der Waals surface area contributed by atoms with Gasteiger partial charge in [-0.2, -0.15) is 0 Å². The van der Waals surface area contributed by atoms with Gasteiger partial charge in [-0.15, -0.1) is 0 Å². The second kappa shape index (κ2) is 6.29. The number of nitrogens with one attached hydrogen (secondary N) is 1. The molecule has 1 fully saturated rings. The molecule has 0 saturated heterocycles. The van der Waals surface area contributed by atoms with Crippen molar-refractivity contribution >= 4 is 11.4 Å². The molecule has 0 aromatic carbocycles. The molecule has 1 aliphatic carbocycles. The molecule has 0 radical (unpaired) electrons. The SMILES string of the molecule is CCc1nc(C(=O)NC2CCCCCC2)c2ccccn12. The van der Waals surface area contributed by atoms with Crippen LogP contribution in [0.1, 0.15) is 61.8 Å². The van der Waals surface area contributed by atoms with E-state index in [1.165, 1.54) is 25.7 Å². The third-order valence-corrected chi connectivity index (χ3v) is 4.34. The molecule has 4 heteroatoms. The van der Waals surface area contributed by atoms with Crippen molar-refractivity contribution in [1.29, 1.82) is 0 Å². The van der Waals surface area contributed by atoms with E-state index in [-0.39, 0.29) is 5.91 Å². The van der Waals surface area contributed by atoms with Crippen LogP contribution < -0.4 is 5.32 Å². The molecule has 2 heterocycles. The summed E-state index contributed by atoms with van der Waals surface area (Å²) in [5, 5.41) is 3.19. The van der Waals surface area contributed by atoms with E-state index in [0.717, 1.165) is 30.6 Å². The Kier molecular flexibility index (Phi) is 4.23. The van der Waals surface area contributed by atoms with Gasteiger partial charge in [0.1, 0.15) is 5.82 Å². The van der Waals surface area contributed by atoms with Crippen LogP contribution in [0.2, 0.25) is 0 Å². The standard InChI is InChI=1S/C17H23N3O/c1-2-15-19-16(14-11-7-8-12-20(14)15)17(21)18-13-9-5-3-4-6-10-13/h7-8,11-13H,2-6,9-10H2,1H3,(H,18,21). The number of aryl methyl sites for hydroxylation is 1. The van der Waals surface area contributed by atoms with Crippen LogP contribution in [0.3, 0.4) is 0 Å². The first-order valence-electron chi connectivity index (χ1n) is 8.06. The quantitative estimate of drug-likeness (QED) is 0.879. The lowest BCUT2D eigenvalue weighted by atomic mass is 10.1. The van der Waals surface area contributed by atoms with Crippen LogP contribution >= 0.6 is 0 Å². The number of pyridine rings is 1. The third-order valence-electron chi connectivity index (χ3n) is 4.34. The predicted octanol–water partition coefficient (Wildman–Crippen LogP) is 3.35. The number of fused-ring (bicyclic) bond motifs is 1. The van der Waals surface area contributed by atoms with E-state index >= 15 is 0 Å². The van der Waals surface area contributed by atoms with Crippen molar-refractivity contribution in [2.75, 3.05) is 0 Å². The summed E-state index contributed by atoms with van der Waals surface area (Å²) in [6.45, 7) is 2.06. The van der Waals surface area contributed by atoms with Gasteiger partial charge in [0.05, 0.1) is 5.52 Å². The van der Waals surface area contributed by atoms with Gasteiger partial charge in [0.25, 0.3) is 5.91 Å². The van der Waals surface area contributed by atoms with Crippen LogP contribution in [0.25, 0.3) is 5.52 Å². The molecule has 4 nitrogen and oxygen atoms in total. The van der Waals surface area contributed by atoms with Gasteiger partial charge in [-0.1, -0.05) is 38.7 Å². The number of imidazole rings is 1. The second-order valence-electron chi connectivity index (χ2n) is 5.85. The zero-order valence-corrected chi connectivity index (χ0v) is 12.6. The van der Waals surface area contributed by atoms with Crippen molar-refractivity contribution in [1.82, 2.24) is 14.7 Å². The number of nitrogens with zero attached hydrogens (tertiary/aromatic N) is 2. The highest BCUT2D eigenvalue weighted by atomic mass is 16.2. The highest BCUT2D eigenvalue weighted by Gasteiger charge is 2.20. The summed E-state index contributed by atoms with van der Waals surface area (Å²) in [5.74, 6) is 0.918. The van der Waals surface area contributed by atoms with E-state index in [9.17, 15) is 4.79 Å². The summed E-state index contributed by atoms with van der Waals surface area (Å²) in [4.78, 5) is 17.1. The molecule has 0 bridgehead atoms. The maximum Gasteiger partial charge on any atom is 0.272 e. The Labute approximate surface area is 125 Å². The molecule has 0 atom stereocenters. The van der Waals surface area contributed by atoms with E-state index in [1.54, 1.807) is 0 Å². The molecule has 1 amide bonds. The van der Waals surface area contributed by atoms with Crippen LogP contribution in [-0.2, 0) is 6.42 Å². The number of aromatic nitrogens is 2. The van der Waals surface area contributed by atoms with Gasteiger partial charge in [-0.05, 0) is 25.0 Å². The molecular weight excluding hydrogens is 262 g/mol. The number of amides is 1. The second-order valence-corrected chi connectivity index (χ2v) is 5.85. The first-order chi connectivity index (χ1) is 10.3. The minimum atomic E-state index is -0.0229. The summed E-state index contributed by atoms with van der Waals surface area (Å²) in [6, 6.07) is 6.21. The minimum Gasteiger partial charge on any atom is -0.348 e. The third kappa shape index (κ3) is 2.94. The Bertz CT molecular complexity index is 624. The van der Waals surface area contributed by atoms with Crippen LogP contribution in [0.5, 0.6) is 0 Å². The average molecular weight is 285 g/mol. The zero-order valence-electron chi connectivity index (χ0n) is 12.6. The Morgan fingerprint density at radius 2 is 2.05 bits per heavy atom. The van der Waals surface area contributed by atoms with Gasteiger partial charge >= 0.3 is 0 Å². The molecule has 2 aromatic rings. The fourth-order valence-electron chi connectivity index (χ4n) is 3.20. The van der Waals surface area contributed by atoms with Gasteiger partial charge in [-0.25, -0.2) is 4.98 Å². The van der Waals surface area contributed by atoms with Crippen molar-refractivity contribution in [3.05, 3.63) is 35.9 Å². The van der Waals surface area contributed by atoms with Gasteiger partial charge in [-0.3, -0.25) is 4.79 Å². The average Bonchev–Trinajstić information content (AvgIpc) is 2.69. The van der Waals surface area contributed by atoms with Crippen molar-refractivity contribution in [3.63, 3.8) is 0 Å². The van der Waals surface area contributed by atoms with E-state index in [4.69, 9.17) is 0 Å². The lowest BCUT2D eigenvalue weighted by Gasteiger charge is -2.15. The van der Waals surface area contributed by atoms with Gasteiger partial charge in [0, 0.05) is 18.7 Å². The summed E-state index contributed by atoms with van der Waals surface area (Å²) >= 11 is 0. The predicted molar refractivity (Wildman–Crippen MR) is 83.5 cm³/mol. The largest absolute Gasteiger partial charge is 0.348 e. The highest BCUT2D eigenvalue weighted by molar-refractivity contribution is 5.99. The normalized spacial score (nSPS) is 16.8. The summed E-state index contributed by atoms with van der Waals surface area (Å²) in [7, 11) is 0. The summed E-state index contributed by atoms with van der Waals surface area (Å²) in [5.41, 5.74) is 1.47. The molecule has 3 rings (SSSR count). The lowest BCUT2D eigenvalue weighted by Crippen LogP contribution is -2.34. The molecular formula is C17H23N3O. The number of hydrogen-bond acceptors (Lipinski definition) is 2. The van der Waals surface area contributed by atoms with Gasteiger partial charge in [0.15, 0.2) is 5.69 Å². The maximum absolute atomic E-state index is 12.6. The fraction of sp³-hybridized carbons (Fsp3) is 0.529. The van der Waals surface area contributed by atoms with Crippen molar-refractivity contribution in [2.24, 2.45) is 0 Å².